The van der Waals surface area contributed by atoms with Gasteiger partial charge in [-0.25, -0.2) is 0 Å². The summed E-state index contributed by atoms with van der Waals surface area (Å²) < 4.78 is 0. The maximum absolute atomic E-state index is 5.92. The second kappa shape index (κ2) is 3.52. The molecule has 14 heavy (non-hydrogen) atoms. The number of nitrogens with one attached hydrogen (secondary N) is 1. The molecule has 1 aliphatic rings. The zero-order valence-corrected chi connectivity index (χ0v) is 8.88. The minimum Gasteiger partial charge on any atom is -0.397 e. The molecule has 0 aliphatic heterocycles. The second-order valence-electron chi connectivity index (χ2n) is 4.25. The van der Waals surface area contributed by atoms with Crippen LogP contribution in [0, 0.1) is 12.8 Å². The number of nitrogens with two attached hydrogens (primary N) is 1. The summed E-state index contributed by atoms with van der Waals surface area (Å²) in [5, 5.41) is 3.49. The third-order valence-corrected chi connectivity index (χ3v) is 2.99. The highest BCUT2D eigenvalue weighted by atomic mass is 15.0. The number of aryl methyl sites for hydroxylation is 1. The first-order valence-corrected chi connectivity index (χ1v) is 5.33. The first-order valence-electron chi connectivity index (χ1n) is 5.33. The molecule has 3 N–H and O–H groups in total. The standard InChI is InChI=1S/C12H18N2/c1-3-9-7-12(9)14-11-5-4-8(2)6-10(11)13/h4-6,9,12,14H,3,7,13H2,1-2H3. The smallest absolute Gasteiger partial charge is 0.0576 e. The molecule has 1 fully saturated rings. The fraction of sp³-hybridized carbons (Fsp3) is 0.500. The molecule has 2 heteroatoms. The second-order valence-corrected chi connectivity index (χ2v) is 4.25. The summed E-state index contributed by atoms with van der Waals surface area (Å²) >= 11 is 0. The summed E-state index contributed by atoms with van der Waals surface area (Å²) in [6.45, 7) is 4.30. The zero-order chi connectivity index (χ0) is 10.1. The van der Waals surface area contributed by atoms with Gasteiger partial charge in [-0.1, -0.05) is 19.4 Å². The van der Waals surface area contributed by atoms with Crippen LogP contribution >= 0.6 is 0 Å². The molecule has 0 bridgehead atoms. The molecule has 2 nitrogen and oxygen atoms in total. The van der Waals surface area contributed by atoms with Crippen molar-refractivity contribution in [1.82, 2.24) is 0 Å². The molecule has 0 heterocycles. The van der Waals surface area contributed by atoms with E-state index in [0.717, 1.165) is 17.3 Å². The van der Waals surface area contributed by atoms with E-state index in [1.165, 1.54) is 18.4 Å². The highest BCUT2D eigenvalue weighted by molar-refractivity contribution is 5.67. The maximum Gasteiger partial charge on any atom is 0.0576 e. The van der Waals surface area contributed by atoms with Crippen molar-refractivity contribution in [1.29, 1.82) is 0 Å². The van der Waals surface area contributed by atoms with Crippen LogP contribution in [0.15, 0.2) is 18.2 Å². The average Bonchev–Trinajstić information content (AvgIpc) is 2.89. The molecular formula is C12H18N2. The van der Waals surface area contributed by atoms with Gasteiger partial charge in [-0.05, 0) is 37.0 Å². The number of hydrogen-bond donors (Lipinski definition) is 2. The molecule has 2 unspecified atom stereocenters. The van der Waals surface area contributed by atoms with Crippen LogP contribution in [0.25, 0.3) is 0 Å². The molecule has 2 atom stereocenters. The van der Waals surface area contributed by atoms with Crippen molar-refractivity contribution in [3.8, 4) is 0 Å². The summed E-state index contributed by atoms with van der Waals surface area (Å²) in [5.41, 5.74) is 9.10. The average molecular weight is 190 g/mol. The lowest BCUT2D eigenvalue weighted by Gasteiger charge is -2.09. The first-order chi connectivity index (χ1) is 6.70. The molecule has 0 amide bonds. The third-order valence-electron chi connectivity index (χ3n) is 2.99. The van der Waals surface area contributed by atoms with Crippen molar-refractivity contribution in [2.75, 3.05) is 11.1 Å². The predicted molar refractivity (Wildman–Crippen MR) is 61.4 cm³/mol. The molecule has 1 aromatic carbocycles. The van der Waals surface area contributed by atoms with E-state index in [2.05, 4.69) is 31.3 Å². The Hall–Kier alpha value is -1.18. The fourth-order valence-electron chi connectivity index (χ4n) is 1.89. The number of anilines is 2. The summed E-state index contributed by atoms with van der Waals surface area (Å²) in [6, 6.07) is 6.86. The van der Waals surface area contributed by atoms with Gasteiger partial charge in [0.05, 0.1) is 11.4 Å². The molecule has 0 spiro atoms. The molecule has 0 radical (unpaired) electrons. The Morgan fingerprint density at radius 1 is 1.50 bits per heavy atom. The fourth-order valence-corrected chi connectivity index (χ4v) is 1.89. The minimum absolute atomic E-state index is 0.657. The van der Waals surface area contributed by atoms with E-state index >= 15 is 0 Å². The molecule has 76 valence electrons. The van der Waals surface area contributed by atoms with Gasteiger partial charge in [-0.2, -0.15) is 0 Å². The number of nitrogen functional groups attached to an aromatic ring is 1. The monoisotopic (exact) mass is 190 g/mol. The van der Waals surface area contributed by atoms with Crippen LogP contribution in [0.3, 0.4) is 0 Å². The van der Waals surface area contributed by atoms with Crippen LogP contribution in [0.4, 0.5) is 11.4 Å². The van der Waals surface area contributed by atoms with Gasteiger partial charge < -0.3 is 11.1 Å². The Balaban J connectivity index is 2.03. The summed E-state index contributed by atoms with van der Waals surface area (Å²) in [6.07, 6.45) is 2.56. The van der Waals surface area contributed by atoms with Crippen molar-refractivity contribution < 1.29 is 0 Å². The van der Waals surface area contributed by atoms with Crippen molar-refractivity contribution in [2.24, 2.45) is 5.92 Å². The lowest BCUT2D eigenvalue weighted by molar-refractivity contribution is 0.775. The topological polar surface area (TPSA) is 38.0 Å². The maximum atomic E-state index is 5.92. The zero-order valence-electron chi connectivity index (χ0n) is 8.88. The largest absolute Gasteiger partial charge is 0.397 e. The Bertz CT molecular complexity index is 333. The van der Waals surface area contributed by atoms with E-state index < -0.39 is 0 Å². The van der Waals surface area contributed by atoms with E-state index in [9.17, 15) is 0 Å². The van der Waals surface area contributed by atoms with Crippen molar-refractivity contribution >= 4 is 11.4 Å². The van der Waals surface area contributed by atoms with Gasteiger partial charge in [0.1, 0.15) is 0 Å². The SMILES string of the molecule is CCC1CC1Nc1ccc(C)cc1N. The molecule has 0 saturated heterocycles. The van der Waals surface area contributed by atoms with Gasteiger partial charge >= 0.3 is 0 Å². The quantitative estimate of drug-likeness (QED) is 0.719. The van der Waals surface area contributed by atoms with Gasteiger partial charge in [-0.3, -0.25) is 0 Å². The van der Waals surface area contributed by atoms with Crippen LogP contribution in [-0.2, 0) is 0 Å². The third kappa shape index (κ3) is 1.84. The van der Waals surface area contributed by atoms with Crippen LogP contribution in [0.2, 0.25) is 0 Å². The summed E-state index contributed by atoms with van der Waals surface area (Å²) in [7, 11) is 0. The van der Waals surface area contributed by atoms with E-state index in [4.69, 9.17) is 5.73 Å². The minimum atomic E-state index is 0.657. The van der Waals surface area contributed by atoms with Crippen LogP contribution in [0.5, 0.6) is 0 Å². The molecular weight excluding hydrogens is 172 g/mol. The highest BCUT2D eigenvalue weighted by Crippen LogP contribution is 2.37. The number of hydrogen-bond acceptors (Lipinski definition) is 2. The molecule has 2 rings (SSSR count). The molecule has 1 aromatic rings. The lowest BCUT2D eigenvalue weighted by Crippen LogP contribution is -2.06. The Kier molecular flexibility index (Phi) is 2.36. The van der Waals surface area contributed by atoms with Crippen molar-refractivity contribution in [3.63, 3.8) is 0 Å². The van der Waals surface area contributed by atoms with E-state index in [0.29, 0.717) is 6.04 Å². The number of benzene rings is 1. The molecule has 1 aliphatic carbocycles. The molecule has 1 saturated carbocycles. The Morgan fingerprint density at radius 2 is 2.29 bits per heavy atom. The van der Waals surface area contributed by atoms with E-state index in [-0.39, 0.29) is 0 Å². The van der Waals surface area contributed by atoms with Gasteiger partial charge in [0.25, 0.3) is 0 Å². The van der Waals surface area contributed by atoms with Gasteiger partial charge in [0, 0.05) is 6.04 Å². The number of rotatable bonds is 3. The summed E-state index contributed by atoms with van der Waals surface area (Å²) in [4.78, 5) is 0. The lowest BCUT2D eigenvalue weighted by atomic mass is 10.2. The van der Waals surface area contributed by atoms with Gasteiger partial charge in [-0.15, -0.1) is 0 Å². The first kappa shape index (κ1) is 9.38. The summed E-state index contributed by atoms with van der Waals surface area (Å²) in [5.74, 6) is 0.857. The van der Waals surface area contributed by atoms with Crippen LogP contribution < -0.4 is 11.1 Å². The predicted octanol–water partition coefficient (Wildman–Crippen LogP) is 2.79. The molecule has 0 aromatic heterocycles. The van der Waals surface area contributed by atoms with Crippen LogP contribution in [0.1, 0.15) is 25.3 Å². The Labute approximate surface area is 85.5 Å². The van der Waals surface area contributed by atoms with Gasteiger partial charge in [0.2, 0.25) is 0 Å². The normalized spacial score (nSPS) is 24.7. The van der Waals surface area contributed by atoms with Crippen LogP contribution in [-0.4, -0.2) is 6.04 Å². The van der Waals surface area contributed by atoms with E-state index in [1.807, 2.05) is 6.07 Å². The van der Waals surface area contributed by atoms with Gasteiger partial charge in [0.15, 0.2) is 0 Å². The van der Waals surface area contributed by atoms with Crippen molar-refractivity contribution in [3.05, 3.63) is 23.8 Å². The van der Waals surface area contributed by atoms with Crippen molar-refractivity contribution in [2.45, 2.75) is 32.7 Å². The highest BCUT2D eigenvalue weighted by Gasteiger charge is 2.35. The van der Waals surface area contributed by atoms with E-state index in [1.54, 1.807) is 0 Å². The Morgan fingerprint density at radius 3 is 2.86 bits per heavy atom.